The van der Waals surface area contributed by atoms with E-state index in [1.165, 1.54) is 22.5 Å². The molecule has 1 heterocycles. The lowest BCUT2D eigenvalue weighted by atomic mass is 10.1. The molecule has 172 valence electrons. The number of hydrogen-bond acceptors (Lipinski definition) is 6. The van der Waals surface area contributed by atoms with E-state index in [2.05, 4.69) is 5.32 Å². The number of halogens is 1. The van der Waals surface area contributed by atoms with Gasteiger partial charge in [-0.05, 0) is 50.1 Å². The molecule has 1 fully saturated rings. The van der Waals surface area contributed by atoms with E-state index in [4.69, 9.17) is 21.1 Å². The Labute approximate surface area is 192 Å². The van der Waals surface area contributed by atoms with Gasteiger partial charge < -0.3 is 14.8 Å². The molecule has 1 saturated heterocycles. The number of sulfonamides is 1. The monoisotopic (exact) mass is 480 g/mol. The minimum Gasteiger partial charge on any atom is -0.452 e. The van der Waals surface area contributed by atoms with Crippen LogP contribution in [0.3, 0.4) is 0 Å². The predicted molar refractivity (Wildman–Crippen MR) is 121 cm³/mol. The summed E-state index contributed by atoms with van der Waals surface area (Å²) in [5.74, 6) is -1.40. The fraction of sp³-hybridized carbons (Fsp3) is 0.364. The smallest absolute Gasteiger partial charge is 0.340 e. The maximum absolute atomic E-state index is 12.8. The van der Waals surface area contributed by atoms with Crippen molar-refractivity contribution in [2.45, 2.75) is 25.7 Å². The number of aryl methyl sites for hydroxylation is 3. The summed E-state index contributed by atoms with van der Waals surface area (Å²) in [5, 5.41) is 2.77. The van der Waals surface area contributed by atoms with Crippen LogP contribution in [0.2, 0.25) is 5.02 Å². The topological polar surface area (TPSA) is 102 Å². The van der Waals surface area contributed by atoms with Crippen LogP contribution in [0.5, 0.6) is 0 Å². The quantitative estimate of drug-likeness (QED) is 0.637. The van der Waals surface area contributed by atoms with Gasteiger partial charge in [0.15, 0.2) is 6.61 Å². The molecule has 0 spiro atoms. The molecule has 8 nitrogen and oxygen atoms in total. The van der Waals surface area contributed by atoms with Crippen molar-refractivity contribution in [2.75, 3.05) is 38.2 Å². The molecule has 0 aliphatic carbocycles. The van der Waals surface area contributed by atoms with Crippen molar-refractivity contribution in [3.8, 4) is 0 Å². The number of hydrogen-bond donors (Lipinski definition) is 1. The number of ether oxygens (including phenoxy) is 2. The second-order valence-corrected chi connectivity index (χ2v) is 9.90. The molecule has 0 saturated carbocycles. The number of benzene rings is 2. The molecule has 0 unspecified atom stereocenters. The fourth-order valence-electron chi connectivity index (χ4n) is 3.52. The number of rotatable bonds is 6. The molecule has 3 rings (SSSR count). The van der Waals surface area contributed by atoms with E-state index in [0.29, 0.717) is 18.9 Å². The lowest BCUT2D eigenvalue weighted by Gasteiger charge is -2.26. The SMILES string of the molecule is Cc1cc(C)c(NC(=O)COC(=O)c2cc(S(=O)(=O)N3CCOCC3)ccc2Cl)c(C)c1. The van der Waals surface area contributed by atoms with Crippen LogP contribution in [0.25, 0.3) is 0 Å². The Morgan fingerprint density at radius 1 is 1.09 bits per heavy atom. The van der Waals surface area contributed by atoms with Crippen LogP contribution in [0.4, 0.5) is 5.69 Å². The van der Waals surface area contributed by atoms with Crippen LogP contribution in [-0.4, -0.2) is 57.5 Å². The third kappa shape index (κ3) is 5.47. The molecule has 0 bridgehead atoms. The van der Waals surface area contributed by atoms with Gasteiger partial charge in [0.1, 0.15) is 0 Å². The van der Waals surface area contributed by atoms with Crippen LogP contribution < -0.4 is 5.32 Å². The fourth-order valence-corrected chi connectivity index (χ4v) is 5.15. The second-order valence-electron chi connectivity index (χ2n) is 7.56. The number of morpholine rings is 1. The van der Waals surface area contributed by atoms with Gasteiger partial charge in [-0.2, -0.15) is 4.31 Å². The van der Waals surface area contributed by atoms with Crippen molar-refractivity contribution in [1.82, 2.24) is 4.31 Å². The maximum atomic E-state index is 12.8. The lowest BCUT2D eigenvalue weighted by Crippen LogP contribution is -2.40. The number of esters is 1. The van der Waals surface area contributed by atoms with E-state index in [1.807, 2.05) is 32.9 Å². The van der Waals surface area contributed by atoms with E-state index < -0.39 is 28.5 Å². The summed E-state index contributed by atoms with van der Waals surface area (Å²) in [7, 11) is -3.81. The zero-order chi connectivity index (χ0) is 23.5. The van der Waals surface area contributed by atoms with Gasteiger partial charge in [0.05, 0.1) is 28.7 Å². The highest BCUT2D eigenvalue weighted by atomic mass is 35.5. The van der Waals surface area contributed by atoms with Gasteiger partial charge in [-0.15, -0.1) is 0 Å². The Balaban J connectivity index is 1.70. The first-order valence-electron chi connectivity index (χ1n) is 10.0. The summed E-state index contributed by atoms with van der Waals surface area (Å²) in [4.78, 5) is 24.8. The first-order chi connectivity index (χ1) is 15.1. The molecule has 0 atom stereocenters. The first kappa shape index (κ1) is 24.2. The summed E-state index contributed by atoms with van der Waals surface area (Å²) in [5.41, 5.74) is 3.40. The highest BCUT2D eigenvalue weighted by Gasteiger charge is 2.28. The molecular formula is C22H25ClN2O6S. The van der Waals surface area contributed by atoms with E-state index in [-0.39, 0.29) is 28.6 Å². The van der Waals surface area contributed by atoms with Gasteiger partial charge in [-0.1, -0.05) is 29.3 Å². The van der Waals surface area contributed by atoms with Crippen LogP contribution in [-0.2, 0) is 24.3 Å². The van der Waals surface area contributed by atoms with Crippen LogP contribution in [0.1, 0.15) is 27.0 Å². The summed E-state index contributed by atoms with van der Waals surface area (Å²) in [6.45, 7) is 6.23. The second kappa shape index (κ2) is 9.99. The lowest BCUT2D eigenvalue weighted by molar-refractivity contribution is -0.119. The number of anilines is 1. The molecule has 10 heteroatoms. The van der Waals surface area contributed by atoms with Gasteiger partial charge in [-0.25, -0.2) is 13.2 Å². The third-order valence-corrected chi connectivity index (χ3v) is 7.27. The Morgan fingerprint density at radius 3 is 2.34 bits per heavy atom. The summed E-state index contributed by atoms with van der Waals surface area (Å²) >= 11 is 6.10. The predicted octanol–water partition coefficient (Wildman–Crippen LogP) is 3.08. The van der Waals surface area contributed by atoms with Crippen molar-refractivity contribution in [3.05, 3.63) is 57.6 Å². The molecule has 2 aromatic carbocycles. The van der Waals surface area contributed by atoms with E-state index in [9.17, 15) is 18.0 Å². The van der Waals surface area contributed by atoms with E-state index in [0.717, 1.165) is 16.7 Å². The zero-order valence-electron chi connectivity index (χ0n) is 18.1. The maximum Gasteiger partial charge on any atom is 0.340 e. The molecule has 1 N–H and O–H groups in total. The molecule has 0 aromatic heterocycles. The van der Waals surface area contributed by atoms with Crippen molar-refractivity contribution in [1.29, 1.82) is 0 Å². The highest BCUT2D eigenvalue weighted by Crippen LogP contribution is 2.25. The van der Waals surface area contributed by atoms with Crippen molar-refractivity contribution >= 4 is 39.2 Å². The Bertz CT molecular complexity index is 1120. The molecule has 1 aliphatic rings. The van der Waals surface area contributed by atoms with Gasteiger partial charge in [0.25, 0.3) is 5.91 Å². The minimum absolute atomic E-state index is 0.0292. The molecule has 0 radical (unpaired) electrons. The van der Waals surface area contributed by atoms with Gasteiger partial charge in [0.2, 0.25) is 10.0 Å². The number of nitrogens with one attached hydrogen (secondary N) is 1. The normalized spacial score (nSPS) is 14.8. The van der Waals surface area contributed by atoms with Crippen molar-refractivity contribution < 1.29 is 27.5 Å². The third-order valence-electron chi connectivity index (χ3n) is 5.04. The van der Waals surface area contributed by atoms with Crippen LogP contribution in [0, 0.1) is 20.8 Å². The van der Waals surface area contributed by atoms with Crippen molar-refractivity contribution in [3.63, 3.8) is 0 Å². The molecule has 1 amide bonds. The number of nitrogens with zero attached hydrogens (tertiary/aromatic N) is 1. The van der Waals surface area contributed by atoms with Gasteiger partial charge in [-0.3, -0.25) is 4.79 Å². The Hall–Kier alpha value is -2.46. The average Bonchev–Trinajstić information content (AvgIpc) is 2.75. The summed E-state index contributed by atoms with van der Waals surface area (Å²) in [6.07, 6.45) is 0. The molecule has 1 aliphatic heterocycles. The number of amides is 1. The van der Waals surface area contributed by atoms with E-state index >= 15 is 0 Å². The molecular weight excluding hydrogens is 456 g/mol. The first-order valence-corrected chi connectivity index (χ1v) is 11.8. The van der Waals surface area contributed by atoms with Crippen LogP contribution in [0.15, 0.2) is 35.2 Å². The van der Waals surface area contributed by atoms with Gasteiger partial charge >= 0.3 is 5.97 Å². The molecule has 32 heavy (non-hydrogen) atoms. The highest BCUT2D eigenvalue weighted by molar-refractivity contribution is 7.89. The minimum atomic E-state index is -3.81. The van der Waals surface area contributed by atoms with Crippen molar-refractivity contribution in [2.24, 2.45) is 0 Å². The average molecular weight is 481 g/mol. The molecule has 2 aromatic rings. The number of carbonyl (C=O) groups is 2. The standard InChI is InChI=1S/C22H25ClN2O6S/c1-14-10-15(2)21(16(3)11-14)24-20(26)13-31-22(27)18-12-17(4-5-19(18)23)32(28,29)25-6-8-30-9-7-25/h4-5,10-12H,6-9,13H2,1-3H3,(H,24,26). The largest absolute Gasteiger partial charge is 0.452 e. The Morgan fingerprint density at radius 2 is 1.72 bits per heavy atom. The number of carbonyl (C=O) groups excluding carboxylic acids is 2. The van der Waals surface area contributed by atoms with Crippen LogP contribution >= 0.6 is 11.6 Å². The Kier molecular flexibility index (Phi) is 7.55. The summed E-state index contributed by atoms with van der Waals surface area (Å²) in [6, 6.07) is 7.70. The summed E-state index contributed by atoms with van der Waals surface area (Å²) < 4.78 is 37.3. The zero-order valence-corrected chi connectivity index (χ0v) is 19.7. The van der Waals surface area contributed by atoms with Gasteiger partial charge in [0, 0.05) is 18.8 Å². The van der Waals surface area contributed by atoms with E-state index in [1.54, 1.807) is 0 Å².